The van der Waals surface area contributed by atoms with Crippen LogP contribution in [0.1, 0.15) is 12.0 Å². The summed E-state index contributed by atoms with van der Waals surface area (Å²) < 4.78 is 16.4. The molecule has 1 heterocycles. The van der Waals surface area contributed by atoms with Crippen molar-refractivity contribution in [1.29, 1.82) is 0 Å². The van der Waals surface area contributed by atoms with Crippen molar-refractivity contribution in [3.8, 4) is 17.2 Å². The average molecular weight is 343 g/mol. The van der Waals surface area contributed by atoms with Gasteiger partial charge in [0.2, 0.25) is 6.79 Å². The molecule has 2 aromatic carbocycles. The van der Waals surface area contributed by atoms with Gasteiger partial charge in [0.25, 0.3) is 0 Å². The van der Waals surface area contributed by atoms with Crippen LogP contribution in [0.3, 0.4) is 0 Å². The molecule has 5 nitrogen and oxygen atoms in total. The van der Waals surface area contributed by atoms with Crippen LogP contribution in [0.15, 0.2) is 48.5 Å². The van der Waals surface area contributed by atoms with Gasteiger partial charge in [-0.15, -0.1) is 0 Å². The van der Waals surface area contributed by atoms with E-state index >= 15 is 0 Å². The van der Waals surface area contributed by atoms with Gasteiger partial charge in [-0.1, -0.05) is 30.3 Å². The summed E-state index contributed by atoms with van der Waals surface area (Å²) in [5.74, 6) is 2.30. The van der Waals surface area contributed by atoms with Gasteiger partial charge in [0.1, 0.15) is 5.75 Å². The van der Waals surface area contributed by atoms with Gasteiger partial charge >= 0.3 is 0 Å². The first kappa shape index (κ1) is 17.6. The van der Waals surface area contributed by atoms with Crippen molar-refractivity contribution in [2.75, 3.05) is 39.6 Å². The molecule has 1 N–H and O–H groups in total. The summed E-state index contributed by atoms with van der Waals surface area (Å²) >= 11 is 0. The van der Waals surface area contributed by atoms with Crippen LogP contribution < -0.4 is 14.2 Å². The van der Waals surface area contributed by atoms with Crippen LogP contribution in [0, 0.1) is 0 Å². The van der Waals surface area contributed by atoms with Crippen molar-refractivity contribution in [3.05, 3.63) is 54.1 Å². The normalized spacial score (nSPS) is 12.6. The van der Waals surface area contributed by atoms with Gasteiger partial charge in [-0.25, -0.2) is 0 Å². The zero-order valence-electron chi connectivity index (χ0n) is 14.4. The van der Waals surface area contributed by atoms with Crippen molar-refractivity contribution in [3.63, 3.8) is 0 Å². The number of benzene rings is 2. The Morgan fingerprint density at radius 2 is 1.80 bits per heavy atom. The number of aliphatic hydroxyl groups excluding tert-OH is 1. The monoisotopic (exact) mass is 343 g/mol. The lowest BCUT2D eigenvalue weighted by Gasteiger charge is -2.21. The maximum Gasteiger partial charge on any atom is 0.231 e. The number of hydrogen-bond donors (Lipinski definition) is 1. The molecule has 0 atom stereocenters. The van der Waals surface area contributed by atoms with Crippen molar-refractivity contribution in [1.82, 2.24) is 4.90 Å². The summed E-state index contributed by atoms with van der Waals surface area (Å²) in [6, 6.07) is 16.1. The average Bonchev–Trinajstić information content (AvgIpc) is 3.12. The van der Waals surface area contributed by atoms with E-state index in [2.05, 4.69) is 29.2 Å². The predicted octanol–water partition coefficient (Wildman–Crippen LogP) is 2.72. The molecule has 0 spiro atoms. The van der Waals surface area contributed by atoms with Gasteiger partial charge in [0, 0.05) is 25.7 Å². The predicted molar refractivity (Wildman–Crippen MR) is 96.3 cm³/mol. The van der Waals surface area contributed by atoms with Crippen LogP contribution in [0.5, 0.6) is 17.2 Å². The minimum Gasteiger partial charge on any atom is -0.493 e. The van der Waals surface area contributed by atoms with Crippen molar-refractivity contribution >= 4 is 0 Å². The summed E-state index contributed by atoms with van der Waals surface area (Å²) in [4.78, 5) is 2.27. The summed E-state index contributed by atoms with van der Waals surface area (Å²) in [5, 5.41) is 9.26. The first-order valence-corrected chi connectivity index (χ1v) is 8.75. The summed E-state index contributed by atoms with van der Waals surface area (Å²) in [5.41, 5.74) is 1.32. The van der Waals surface area contributed by atoms with Crippen molar-refractivity contribution < 1.29 is 19.3 Å². The van der Waals surface area contributed by atoms with E-state index in [1.807, 2.05) is 24.3 Å². The number of nitrogens with zero attached hydrogens (tertiary/aromatic N) is 1. The lowest BCUT2D eigenvalue weighted by Crippen LogP contribution is -2.31. The summed E-state index contributed by atoms with van der Waals surface area (Å²) in [6.45, 7) is 3.62. The largest absolute Gasteiger partial charge is 0.493 e. The smallest absolute Gasteiger partial charge is 0.231 e. The van der Waals surface area contributed by atoms with E-state index in [1.54, 1.807) is 0 Å². The SMILES string of the molecule is OCCN(CCCOc1ccc2c(c1)OCO2)CCc1ccccc1. The third kappa shape index (κ3) is 5.37. The van der Waals surface area contributed by atoms with Crippen LogP contribution in [-0.4, -0.2) is 49.6 Å². The van der Waals surface area contributed by atoms with Gasteiger partial charge in [0.05, 0.1) is 13.2 Å². The molecule has 1 aliphatic rings. The number of ether oxygens (including phenoxy) is 3. The molecule has 2 aromatic rings. The highest BCUT2D eigenvalue weighted by atomic mass is 16.7. The van der Waals surface area contributed by atoms with E-state index in [4.69, 9.17) is 14.2 Å². The Morgan fingerprint density at radius 3 is 2.64 bits per heavy atom. The molecule has 0 aliphatic carbocycles. The maximum absolute atomic E-state index is 9.26. The lowest BCUT2D eigenvalue weighted by atomic mass is 10.1. The first-order chi connectivity index (χ1) is 12.3. The molecule has 0 bridgehead atoms. The second-order valence-corrected chi connectivity index (χ2v) is 6.02. The molecule has 1 aliphatic heterocycles. The molecule has 0 saturated heterocycles. The Balaban J connectivity index is 1.39. The minimum atomic E-state index is 0.178. The van der Waals surface area contributed by atoms with Gasteiger partial charge in [0.15, 0.2) is 11.5 Å². The molecule has 0 unspecified atom stereocenters. The topological polar surface area (TPSA) is 51.2 Å². The minimum absolute atomic E-state index is 0.178. The molecule has 3 rings (SSSR count). The molecule has 25 heavy (non-hydrogen) atoms. The second-order valence-electron chi connectivity index (χ2n) is 6.02. The fourth-order valence-corrected chi connectivity index (χ4v) is 2.85. The third-order valence-electron chi connectivity index (χ3n) is 4.21. The second kappa shape index (κ2) is 9.30. The van der Waals surface area contributed by atoms with Crippen molar-refractivity contribution in [2.24, 2.45) is 0 Å². The Morgan fingerprint density at radius 1 is 0.960 bits per heavy atom. The highest BCUT2D eigenvalue weighted by Crippen LogP contribution is 2.35. The molecular formula is C20H25NO4. The van der Waals surface area contributed by atoms with Crippen molar-refractivity contribution in [2.45, 2.75) is 12.8 Å². The zero-order valence-corrected chi connectivity index (χ0v) is 14.4. The van der Waals surface area contributed by atoms with E-state index in [1.165, 1.54) is 5.56 Å². The highest BCUT2D eigenvalue weighted by molar-refractivity contribution is 5.46. The number of hydrogen-bond acceptors (Lipinski definition) is 5. The van der Waals surface area contributed by atoms with Gasteiger partial charge < -0.3 is 24.2 Å². The third-order valence-corrected chi connectivity index (χ3v) is 4.21. The van der Waals surface area contributed by atoms with Crippen LogP contribution in [0.4, 0.5) is 0 Å². The number of aliphatic hydroxyl groups is 1. The Kier molecular flexibility index (Phi) is 6.54. The van der Waals surface area contributed by atoms with Gasteiger partial charge in [-0.2, -0.15) is 0 Å². The first-order valence-electron chi connectivity index (χ1n) is 8.75. The van der Waals surface area contributed by atoms with Crippen LogP contribution in [0.2, 0.25) is 0 Å². The molecule has 0 saturated carbocycles. The molecule has 5 heteroatoms. The van der Waals surface area contributed by atoms with Crippen LogP contribution >= 0.6 is 0 Å². The fraction of sp³-hybridized carbons (Fsp3) is 0.400. The fourth-order valence-electron chi connectivity index (χ4n) is 2.85. The molecule has 134 valence electrons. The standard InChI is InChI=1S/C20H25NO4/c22-13-12-21(11-9-17-5-2-1-3-6-17)10-4-14-23-18-7-8-19-20(15-18)25-16-24-19/h1-3,5-8,15,22H,4,9-14,16H2. The van der Waals surface area contributed by atoms with E-state index in [0.29, 0.717) is 13.2 Å². The molecule has 0 amide bonds. The number of fused-ring (bicyclic) bond motifs is 1. The number of rotatable bonds is 10. The lowest BCUT2D eigenvalue weighted by molar-refractivity contribution is 0.173. The molecule has 0 fully saturated rings. The highest BCUT2D eigenvalue weighted by Gasteiger charge is 2.13. The Bertz CT molecular complexity index is 647. The molecule has 0 radical (unpaired) electrons. The van der Waals surface area contributed by atoms with Gasteiger partial charge in [-0.3, -0.25) is 0 Å². The maximum atomic E-state index is 9.26. The van der Waals surface area contributed by atoms with E-state index < -0.39 is 0 Å². The Labute approximate surface area is 148 Å². The van der Waals surface area contributed by atoms with E-state index in [0.717, 1.165) is 43.2 Å². The van der Waals surface area contributed by atoms with Gasteiger partial charge in [-0.05, 0) is 30.5 Å². The van der Waals surface area contributed by atoms with Crippen LogP contribution in [0.25, 0.3) is 0 Å². The Hall–Kier alpha value is -2.24. The zero-order chi connectivity index (χ0) is 17.3. The summed E-state index contributed by atoms with van der Waals surface area (Å²) in [6.07, 6.45) is 1.90. The molecular weight excluding hydrogens is 318 g/mol. The van der Waals surface area contributed by atoms with Crippen LogP contribution in [-0.2, 0) is 6.42 Å². The quantitative estimate of drug-likeness (QED) is 0.672. The summed E-state index contributed by atoms with van der Waals surface area (Å²) in [7, 11) is 0. The van der Waals surface area contributed by atoms with E-state index in [9.17, 15) is 5.11 Å². The van der Waals surface area contributed by atoms with E-state index in [-0.39, 0.29) is 13.4 Å². The molecule has 0 aromatic heterocycles.